The fraction of sp³-hybridized carbons (Fsp3) is 0.273. The van der Waals surface area contributed by atoms with Crippen molar-refractivity contribution in [1.82, 2.24) is 15.5 Å². The van der Waals surface area contributed by atoms with E-state index in [9.17, 15) is 4.79 Å². The van der Waals surface area contributed by atoms with Crippen molar-refractivity contribution in [1.29, 1.82) is 0 Å². The maximum absolute atomic E-state index is 12.8. The summed E-state index contributed by atoms with van der Waals surface area (Å²) in [6.45, 7) is 1.49. The molecule has 0 unspecified atom stereocenters. The van der Waals surface area contributed by atoms with Crippen molar-refractivity contribution in [3.8, 4) is 22.8 Å². The highest BCUT2D eigenvalue weighted by molar-refractivity contribution is 6.30. The van der Waals surface area contributed by atoms with Gasteiger partial charge in [-0.25, -0.2) is 0 Å². The first-order chi connectivity index (χ1) is 14.6. The number of amides is 1. The summed E-state index contributed by atoms with van der Waals surface area (Å²) >= 11 is 5.96. The first-order valence-electron chi connectivity index (χ1n) is 9.67. The normalized spacial score (nSPS) is 15.8. The first-order valence-corrected chi connectivity index (χ1v) is 10.0. The molecular weight excluding hydrogens is 404 g/mol. The van der Waals surface area contributed by atoms with Gasteiger partial charge >= 0.3 is 0 Å². The molecule has 1 amide bonds. The van der Waals surface area contributed by atoms with Gasteiger partial charge in [0.1, 0.15) is 0 Å². The Bertz CT molecular complexity index is 1040. The van der Waals surface area contributed by atoms with E-state index in [-0.39, 0.29) is 11.9 Å². The number of carbonyl (C=O) groups excluding carboxylic acids is 1. The Morgan fingerprint density at radius 2 is 2.00 bits per heavy atom. The van der Waals surface area contributed by atoms with E-state index in [0.29, 0.717) is 28.6 Å². The molecule has 30 heavy (non-hydrogen) atoms. The van der Waals surface area contributed by atoms with E-state index in [0.717, 1.165) is 30.0 Å². The number of benzene rings is 2. The van der Waals surface area contributed by atoms with Crippen LogP contribution in [0.5, 0.6) is 11.5 Å². The van der Waals surface area contributed by atoms with Gasteiger partial charge in [0.2, 0.25) is 0 Å². The summed E-state index contributed by atoms with van der Waals surface area (Å²) in [5, 5.41) is 11.3. The van der Waals surface area contributed by atoms with E-state index in [1.165, 1.54) is 7.11 Å². The molecule has 1 aliphatic heterocycles. The molecule has 8 heteroatoms. The molecule has 1 aliphatic rings. The monoisotopic (exact) mass is 426 g/mol. The van der Waals surface area contributed by atoms with Crippen LogP contribution in [0.1, 0.15) is 16.8 Å². The molecule has 4 rings (SSSR count). The van der Waals surface area contributed by atoms with Gasteiger partial charge < -0.3 is 19.7 Å². The number of halogens is 1. The van der Waals surface area contributed by atoms with Crippen LogP contribution in [0.25, 0.3) is 11.3 Å². The van der Waals surface area contributed by atoms with E-state index in [4.69, 9.17) is 21.1 Å². The average Bonchev–Trinajstić information content (AvgIpc) is 3.43. The SMILES string of the molecule is COc1cccc(C(=O)N[C@@H]2CCN(c3cc(-c4ccc(Cl)cc4)[nH]n3)C2)c1OC. The zero-order valence-electron chi connectivity index (χ0n) is 16.8. The molecule has 0 saturated carbocycles. The lowest BCUT2D eigenvalue weighted by Crippen LogP contribution is -2.37. The number of carbonyl (C=O) groups is 1. The van der Waals surface area contributed by atoms with Gasteiger partial charge in [-0.15, -0.1) is 0 Å². The lowest BCUT2D eigenvalue weighted by Gasteiger charge is -2.17. The smallest absolute Gasteiger partial charge is 0.255 e. The third-order valence-electron chi connectivity index (χ3n) is 5.21. The molecule has 1 fully saturated rings. The summed E-state index contributed by atoms with van der Waals surface area (Å²) in [5.74, 6) is 1.65. The molecule has 0 spiro atoms. The minimum atomic E-state index is -0.179. The zero-order valence-corrected chi connectivity index (χ0v) is 17.6. The van der Waals surface area contributed by atoms with Crippen molar-refractivity contribution in [3.05, 3.63) is 59.1 Å². The van der Waals surface area contributed by atoms with E-state index < -0.39 is 0 Å². The van der Waals surface area contributed by atoms with Gasteiger partial charge in [0.25, 0.3) is 5.91 Å². The largest absolute Gasteiger partial charge is 0.493 e. The number of para-hydroxylation sites is 1. The Morgan fingerprint density at radius 3 is 2.73 bits per heavy atom. The number of aromatic nitrogens is 2. The van der Waals surface area contributed by atoms with E-state index in [1.807, 2.05) is 30.3 Å². The van der Waals surface area contributed by atoms with Crippen molar-refractivity contribution in [3.63, 3.8) is 0 Å². The van der Waals surface area contributed by atoms with Crippen molar-refractivity contribution < 1.29 is 14.3 Å². The molecular formula is C22H23ClN4O3. The number of rotatable bonds is 6. The Labute approximate surface area is 179 Å². The minimum Gasteiger partial charge on any atom is -0.493 e. The number of ether oxygens (including phenoxy) is 2. The third-order valence-corrected chi connectivity index (χ3v) is 5.47. The average molecular weight is 427 g/mol. The van der Waals surface area contributed by atoms with Crippen LogP contribution in [0.3, 0.4) is 0 Å². The Hall–Kier alpha value is -3.19. The second-order valence-electron chi connectivity index (χ2n) is 7.09. The van der Waals surface area contributed by atoms with E-state index in [1.54, 1.807) is 25.3 Å². The van der Waals surface area contributed by atoms with Crippen LogP contribution in [-0.4, -0.2) is 49.5 Å². The summed E-state index contributed by atoms with van der Waals surface area (Å²) in [5.41, 5.74) is 2.41. The van der Waals surface area contributed by atoms with E-state index >= 15 is 0 Å². The van der Waals surface area contributed by atoms with Crippen LogP contribution >= 0.6 is 11.6 Å². The third kappa shape index (κ3) is 4.07. The molecule has 2 N–H and O–H groups in total. The molecule has 1 atom stereocenters. The standard InChI is InChI=1S/C22H23ClN4O3/c1-29-19-5-3-4-17(21(19)30-2)22(28)24-16-10-11-27(13-16)20-12-18(25-26-20)14-6-8-15(23)9-7-14/h3-9,12,16H,10-11,13H2,1-2H3,(H,24,28)(H,25,26)/t16-/m1/s1. The van der Waals surface area contributed by atoms with Crippen LogP contribution in [0.15, 0.2) is 48.5 Å². The molecule has 2 heterocycles. The summed E-state index contributed by atoms with van der Waals surface area (Å²) < 4.78 is 10.7. The Balaban J connectivity index is 1.42. The van der Waals surface area contributed by atoms with Crippen LogP contribution in [0, 0.1) is 0 Å². The number of hydrogen-bond acceptors (Lipinski definition) is 5. The van der Waals surface area contributed by atoms with Crippen LogP contribution in [0.4, 0.5) is 5.82 Å². The van der Waals surface area contributed by atoms with Gasteiger partial charge in [-0.05, 0) is 36.2 Å². The molecule has 2 aromatic carbocycles. The highest BCUT2D eigenvalue weighted by atomic mass is 35.5. The number of nitrogens with one attached hydrogen (secondary N) is 2. The summed E-state index contributed by atoms with van der Waals surface area (Å²) in [6, 6.07) is 14.9. The predicted molar refractivity (Wildman–Crippen MR) is 117 cm³/mol. The van der Waals surface area contributed by atoms with Gasteiger partial charge in [-0.1, -0.05) is 29.8 Å². The lowest BCUT2D eigenvalue weighted by molar-refractivity contribution is 0.0936. The number of H-pyrrole nitrogens is 1. The van der Waals surface area contributed by atoms with Gasteiger partial charge in [0, 0.05) is 30.2 Å². The molecule has 3 aromatic rings. The predicted octanol–water partition coefficient (Wildman–Crippen LogP) is 3.76. The number of anilines is 1. The Kier molecular flexibility index (Phi) is 5.81. The number of aromatic amines is 1. The van der Waals surface area contributed by atoms with Crippen molar-refractivity contribution in [2.45, 2.75) is 12.5 Å². The van der Waals surface area contributed by atoms with Gasteiger partial charge in [0.05, 0.1) is 25.5 Å². The topological polar surface area (TPSA) is 79.5 Å². The van der Waals surface area contributed by atoms with Crippen LogP contribution in [-0.2, 0) is 0 Å². The van der Waals surface area contributed by atoms with Crippen molar-refractivity contribution >= 4 is 23.3 Å². The quantitative estimate of drug-likeness (QED) is 0.627. The zero-order chi connectivity index (χ0) is 21.1. The molecule has 0 aliphatic carbocycles. The fourth-order valence-electron chi connectivity index (χ4n) is 3.67. The number of nitrogens with zero attached hydrogens (tertiary/aromatic N) is 2. The van der Waals surface area contributed by atoms with Gasteiger partial charge in [-0.3, -0.25) is 9.89 Å². The summed E-state index contributed by atoms with van der Waals surface area (Å²) in [6.07, 6.45) is 0.834. The van der Waals surface area contributed by atoms with Crippen LogP contribution in [0.2, 0.25) is 5.02 Å². The highest BCUT2D eigenvalue weighted by Crippen LogP contribution is 2.31. The Morgan fingerprint density at radius 1 is 1.20 bits per heavy atom. The van der Waals surface area contributed by atoms with Crippen molar-refractivity contribution in [2.24, 2.45) is 0 Å². The van der Waals surface area contributed by atoms with Gasteiger partial charge in [-0.2, -0.15) is 5.10 Å². The first kappa shape index (κ1) is 20.1. The molecule has 0 bridgehead atoms. The molecule has 7 nitrogen and oxygen atoms in total. The maximum Gasteiger partial charge on any atom is 0.255 e. The van der Waals surface area contributed by atoms with Crippen LogP contribution < -0.4 is 19.7 Å². The molecule has 156 valence electrons. The van der Waals surface area contributed by atoms with E-state index in [2.05, 4.69) is 20.4 Å². The number of methoxy groups -OCH3 is 2. The molecule has 1 aromatic heterocycles. The summed E-state index contributed by atoms with van der Waals surface area (Å²) in [4.78, 5) is 15.0. The van der Waals surface area contributed by atoms with Gasteiger partial charge in [0.15, 0.2) is 17.3 Å². The number of hydrogen-bond donors (Lipinski definition) is 2. The second kappa shape index (κ2) is 8.67. The maximum atomic E-state index is 12.8. The molecule has 1 saturated heterocycles. The fourth-order valence-corrected chi connectivity index (χ4v) is 3.79. The minimum absolute atomic E-state index is 0.0177. The second-order valence-corrected chi connectivity index (χ2v) is 7.53. The van der Waals surface area contributed by atoms with Crippen molar-refractivity contribution in [2.75, 3.05) is 32.2 Å². The lowest BCUT2D eigenvalue weighted by atomic mass is 10.1. The summed E-state index contributed by atoms with van der Waals surface area (Å²) in [7, 11) is 3.08. The molecule has 0 radical (unpaired) electrons. The highest BCUT2D eigenvalue weighted by Gasteiger charge is 2.27.